The highest BCUT2D eigenvalue weighted by molar-refractivity contribution is 5.21. The maximum Gasteiger partial charge on any atom is 0.126 e. The van der Waals surface area contributed by atoms with Crippen molar-refractivity contribution in [3.8, 4) is 0 Å². The fourth-order valence-electron chi connectivity index (χ4n) is 2.60. The van der Waals surface area contributed by atoms with Crippen LogP contribution in [0.1, 0.15) is 51.6 Å². The summed E-state index contributed by atoms with van der Waals surface area (Å²) in [6, 6.07) is 4.28. The van der Waals surface area contributed by atoms with Crippen LogP contribution in [0.15, 0.2) is 18.2 Å². The number of nitrogens with zero attached hydrogens (tertiary/aromatic N) is 1. The average Bonchev–Trinajstić information content (AvgIpc) is 2.42. The molecule has 0 saturated carbocycles. The molecule has 0 aliphatic heterocycles. The summed E-state index contributed by atoms with van der Waals surface area (Å²) in [6.07, 6.45) is 3.16. The van der Waals surface area contributed by atoms with E-state index in [0.29, 0.717) is 11.6 Å². The fourth-order valence-corrected chi connectivity index (χ4v) is 2.60. The summed E-state index contributed by atoms with van der Waals surface area (Å²) >= 11 is 0. The molecule has 0 aromatic heterocycles. The van der Waals surface area contributed by atoms with Crippen LogP contribution in [0.4, 0.5) is 8.78 Å². The molecule has 1 rings (SSSR count). The average molecular weight is 298 g/mol. The summed E-state index contributed by atoms with van der Waals surface area (Å²) < 4.78 is 26.8. The van der Waals surface area contributed by atoms with Crippen LogP contribution >= 0.6 is 0 Å². The normalized spacial score (nSPS) is 14.4. The Bertz CT molecular complexity index is 403. The van der Waals surface area contributed by atoms with Crippen molar-refractivity contribution in [3.63, 3.8) is 0 Å². The van der Waals surface area contributed by atoms with Gasteiger partial charge in [0.25, 0.3) is 0 Å². The lowest BCUT2D eigenvalue weighted by atomic mass is 10.0. The zero-order valence-corrected chi connectivity index (χ0v) is 13.6. The zero-order valence-electron chi connectivity index (χ0n) is 13.6. The Labute approximate surface area is 127 Å². The summed E-state index contributed by atoms with van der Waals surface area (Å²) in [5.74, 6) is -1.03. The minimum atomic E-state index is -0.513. The molecule has 2 unspecified atom stereocenters. The van der Waals surface area contributed by atoms with Gasteiger partial charge in [0.1, 0.15) is 11.6 Å². The molecule has 2 nitrogen and oxygen atoms in total. The number of hydrogen-bond acceptors (Lipinski definition) is 2. The fraction of sp³-hybridized carbons (Fsp3) is 0.647. The number of rotatable bonds is 9. The van der Waals surface area contributed by atoms with E-state index in [-0.39, 0.29) is 6.04 Å². The van der Waals surface area contributed by atoms with Crippen LogP contribution < -0.4 is 5.32 Å². The Morgan fingerprint density at radius 3 is 2.24 bits per heavy atom. The Morgan fingerprint density at radius 1 is 1.10 bits per heavy atom. The molecule has 0 saturated heterocycles. The number of hydrogen-bond donors (Lipinski definition) is 1. The van der Waals surface area contributed by atoms with Crippen molar-refractivity contribution < 1.29 is 8.78 Å². The van der Waals surface area contributed by atoms with Crippen LogP contribution in [0.2, 0.25) is 0 Å². The second-order valence-electron chi connectivity index (χ2n) is 5.72. The Kier molecular flexibility index (Phi) is 7.83. The van der Waals surface area contributed by atoms with Crippen LogP contribution in [-0.4, -0.2) is 31.1 Å². The molecule has 0 heterocycles. The second kappa shape index (κ2) is 9.11. The van der Waals surface area contributed by atoms with E-state index in [0.717, 1.165) is 38.4 Å². The highest BCUT2D eigenvalue weighted by Crippen LogP contribution is 2.20. The molecule has 0 spiro atoms. The molecule has 21 heavy (non-hydrogen) atoms. The van der Waals surface area contributed by atoms with E-state index in [4.69, 9.17) is 0 Å². The van der Waals surface area contributed by atoms with Gasteiger partial charge in [0.15, 0.2) is 0 Å². The standard InChI is InChI=1S/C17H28F2N2/c1-5-7-13(3)21(4)9-8-17(20-6-2)14-10-15(18)12-16(19)11-14/h10-13,17,20H,5-9H2,1-4H3. The van der Waals surface area contributed by atoms with Gasteiger partial charge in [0, 0.05) is 18.2 Å². The predicted octanol–water partition coefficient (Wildman–Crippen LogP) is 4.13. The largest absolute Gasteiger partial charge is 0.310 e. The molecular formula is C17H28F2N2. The van der Waals surface area contributed by atoms with Crippen molar-refractivity contribution in [1.82, 2.24) is 10.2 Å². The van der Waals surface area contributed by atoms with Gasteiger partial charge in [-0.25, -0.2) is 8.78 Å². The topological polar surface area (TPSA) is 15.3 Å². The van der Waals surface area contributed by atoms with Gasteiger partial charge in [0.05, 0.1) is 0 Å². The third-order valence-corrected chi connectivity index (χ3v) is 3.97. The van der Waals surface area contributed by atoms with Crippen molar-refractivity contribution in [2.45, 2.75) is 52.1 Å². The van der Waals surface area contributed by atoms with Gasteiger partial charge in [-0.3, -0.25) is 0 Å². The second-order valence-corrected chi connectivity index (χ2v) is 5.72. The number of benzene rings is 1. The van der Waals surface area contributed by atoms with E-state index >= 15 is 0 Å². The molecule has 0 fully saturated rings. The summed E-state index contributed by atoms with van der Waals surface area (Å²) in [7, 11) is 2.11. The van der Waals surface area contributed by atoms with Gasteiger partial charge in [-0.05, 0) is 57.6 Å². The smallest absolute Gasteiger partial charge is 0.126 e. The van der Waals surface area contributed by atoms with Gasteiger partial charge >= 0.3 is 0 Å². The first kappa shape index (κ1) is 18.1. The first-order chi connectivity index (χ1) is 9.97. The minimum Gasteiger partial charge on any atom is -0.310 e. The van der Waals surface area contributed by atoms with Crippen LogP contribution in [-0.2, 0) is 0 Å². The van der Waals surface area contributed by atoms with Gasteiger partial charge in [-0.15, -0.1) is 0 Å². The molecule has 0 bridgehead atoms. The Morgan fingerprint density at radius 2 is 1.71 bits per heavy atom. The summed E-state index contributed by atoms with van der Waals surface area (Å²) in [5, 5.41) is 3.32. The molecule has 4 heteroatoms. The van der Waals surface area contributed by atoms with Gasteiger partial charge in [-0.1, -0.05) is 20.3 Å². The SMILES string of the molecule is CCCC(C)N(C)CCC(NCC)c1cc(F)cc(F)c1. The molecule has 0 amide bonds. The van der Waals surface area contributed by atoms with Crippen LogP contribution in [0, 0.1) is 11.6 Å². The first-order valence-electron chi connectivity index (χ1n) is 7.87. The molecule has 1 aromatic carbocycles. The predicted molar refractivity (Wildman–Crippen MR) is 84.4 cm³/mol. The van der Waals surface area contributed by atoms with Crippen molar-refractivity contribution in [1.29, 1.82) is 0 Å². The van der Waals surface area contributed by atoms with Gasteiger partial charge in [0.2, 0.25) is 0 Å². The maximum absolute atomic E-state index is 13.4. The van der Waals surface area contributed by atoms with Crippen LogP contribution in [0.3, 0.4) is 0 Å². The van der Waals surface area contributed by atoms with E-state index in [9.17, 15) is 8.78 Å². The van der Waals surface area contributed by atoms with E-state index in [1.54, 1.807) is 0 Å². The van der Waals surface area contributed by atoms with Crippen molar-refractivity contribution in [2.75, 3.05) is 20.1 Å². The van der Waals surface area contributed by atoms with Gasteiger partial charge in [-0.2, -0.15) is 0 Å². The molecule has 120 valence electrons. The summed E-state index contributed by atoms with van der Waals surface area (Å²) in [6.45, 7) is 8.08. The van der Waals surface area contributed by atoms with E-state index in [1.807, 2.05) is 6.92 Å². The Balaban J connectivity index is 2.69. The Hall–Kier alpha value is -1.00. The zero-order chi connectivity index (χ0) is 15.8. The monoisotopic (exact) mass is 298 g/mol. The lowest BCUT2D eigenvalue weighted by molar-refractivity contribution is 0.231. The van der Waals surface area contributed by atoms with Crippen LogP contribution in [0.5, 0.6) is 0 Å². The van der Waals surface area contributed by atoms with Crippen molar-refractivity contribution >= 4 is 0 Å². The van der Waals surface area contributed by atoms with Crippen LogP contribution in [0.25, 0.3) is 0 Å². The third kappa shape index (κ3) is 6.10. The van der Waals surface area contributed by atoms with E-state index < -0.39 is 11.6 Å². The molecule has 1 aromatic rings. The summed E-state index contributed by atoms with van der Waals surface area (Å²) in [4.78, 5) is 2.31. The highest BCUT2D eigenvalue weighted by atomic mass is 19.1. The van der Waals surface area contributed by atoms with E-state index in [2.05, 4.69) is 31.1 Å². The molecule has 0 aliphatic rings. The lowest BCUT2D eigenvalue weighted by Gasteiger charge is -2.27. The molecule has 0 radical (unpaired) electrons. The number of nitrogens with one attached hydrogen (secondary N) is 1. The highest BCUT2D eigenvalue weighted by Gasteiger charge is 2.15. The van der Waals surface area contributed by atoms with Crippen molar-refractivity contribution in [2.24, 2.45) is 0 Å². The minimum absolute atomic E-state index is 0.0172. The lowest BCUT2D eigenvalue weighted by Crippen LogP contribution is -2.33. The van der Waals surface area contributed by atoms with E-state index in [1.165, 1.54) is 12.1 Å². The van der Waals surface area contributed by atoms with Gasteiger partial charge < -0.3 is 10.2 Å². The van der Waals surface area contributed by atoms with Crippen molar-refractivity contribution in [3.05, 3.63) is 35.4 Å². The number of halogens is 2. The molecule has 0 aliphatic carbocycles. The molecule has 2 atom stereocenters. The first-order valence-corrected chi connectivity index (χ1v) is 7.87. The maximum atomic E-state index is 13.4. The summed E-state index contributed by atoms with van der Waals surface area (Å²) in [5.41, 5.74) is 0.686. The molecular weight excluding hydrogens is 270 g/mol. The molecule has 1 N–H and O–H groups in total. The third-order valence-electron chi connectivity index (χ3n) is 3.97. The quantitative estimate of drug-likeness (QED) is 0.737.